The summed E-state index contributed by atoms with van der Waals surface area (Å²) in [5.74, 6) is -0.0481. The molecule has 0 spiro atoms. The van der Waals surface area contributed by atoms with Gasteiger partial charge in [0.25, 0.3) is 5.91 Å². The van der Waals surface area contributed by atoms with E-state index in [1.165, 1.54) is 12.1 Å². The van der Waals surface area contributed by atoms with Crippen LogP contribution in [0.5, 0.6) is 0 Å². The summed E-state index contributed by atoms with van der Waals surface area (Å²) in [7, 11) is -1.62. The van der Waals surface area contributed by atoms with E-state index in [1.807, 2.05) is 11.8 Å². The fraction of sp³-hybridized carbons (Fsp3) is 0.462. The first-order valence-electron chi connectivity index (χ1n) is 6.47. The van der Waals surface area contributed by atoms with Gasteiger partial charge in [-0.2, -0.15) is 0 Å². The fourth-order valence-corrected chi connectivity index (χ4v) is 2.71. The van der Waals surface area contributed by atoms with E-state index >= 15 is 0 Å². The first kappa shape index (κ1) is 14.4. The molecule has 1 unspecified atom stereocenters. The van der Waals surface area contributed by atoms with E-state index in [2.05, 4.69) is 0 Å². The summed E-state index contributed by atoms with van der Waals surface area (Å²) in [5.41, 5.74) is 0.702. The number of nitrogens with zero attached hydrogens (tertiary/aromatic N) is 1. The Kier molecular flexibility index (Phi) is 4.50. The molecule has 6 heteroatoms. The van der Waals surface area contributed by atoms with Gasteiger partial charge in [0, 0.05) is 28.6 Å². The molecular weight excluding hydrogens is 264 g/mol. The van der Waals surface area contributed by atoms with Gasteiger partial charge in [0.2, 0.25) is 0 Å². The van der Waals surface area contributed by atoms with Gasteiger partial charge < -0.3 is 14.9 Å². The first-order chi connectivity index (χ1) is 9.00. The second kappa shape index (κ2) is 5.95. The normalized spacial score (nSPS) is 19.4. The van der Waals surface area contributed by atoms with Gasteiger partial charge in [-0.1, -0.05) is 17.7 Å². The number of likely N-dealkylation sites (tertiary alicyclic amines) is 1. The Morgan fingerprint density at radius 1 is 1.42 bits per heavy atom. The van der Waals surface area contributed by atoms with Crippen LogP contribution in [0.2, 0.25) is 5.02 Å². The number of hydrogen-bond acceptors (Lipinski definition) is 3. The van der Waals surface area contributed by atoms with Crippen LogP contribution < -0.4 is 5.46 Å². The Morgan fingerprint density at radius 3 is 2.74 bits per heavy atom. The Balaban J connectivity index is 2.22. The molecule has 1 aliphatic heterocycles. The summed E-state index contributed by atoms with van der Waals surface area (Å²) in [4.78, 5) is 14.2. The van der Waals surface area contributed by atoms with Crippen LogP contribution in [-0.2, 0) is 0 Å². The number of piperidine rings is 1. The average molecular weight is 282 g/mol. The van der Waals surface area contributed by atoms with Crippen molar-refractivity contribution in [2.75, 3.05) is 6.54 Å². The van der Waals surface area contributed by atoms with Gasteiger partial charge in [-0.3, -0.25) is 4.79 Å². The molecule has 1 aliphatic rings. The van der Waals surface area contributed by atoms with Crippen molar-refractivity contribution in [3.05, 3.63) is 28.8 Å². The second-order valence-electron chi connectivity index (χ2n) is 4.95. The Bertz CT molecular complexity index is 481. The standard InChI is InChI=1S/C13H17BClNO3/c1-9-4-2-3-7-16(9)13(17)10-5-6-11(14(18)19)12(15)8-10/h5-6,8-9,18-19H,2-4,7H2,1H3. The lowest BCUT2D eigenvalue weighted by Gasteiger charge is -2.33. The highest BCUT2D eigenvalue weighted by Crippen LogP contribution is 2.20. The Morgan fingerprint density at radius 2 is 2.16 bits per heavy atom. The topological polar surface area (TPSA) is 60.8 Å². The average Bonchev–Trinajstić information content (AvgIpc) is 2.38. The SMILES string of the molecule is CC1CCCCN1C(=O)c1ccc(B(O)O)c(Cl)c1. The maximum atomic E-state index is 12.4. The monoisotopic (exact) mass is 281 g/mol. The van der Waals surface area contributed by atoms with Crippen molar-refractivity contribution >= 4 is 30.1 Å². The number of carbonyl (C=O) groups is 1. The van der Waals surface area contributed by atoms with Gasteiger partial charge in [0.05, 0.1) is 0 Å². The summed E-state index contributed by atoms with van der Waals surface area (Å²) in [5, 5.41) is 18.4. The number of amides is 1. The minimum absolute atomic E-state index is 0.0481. The Labute approximate surface area is 118 Å². The molecule has 1 atom stereocenters. The molecule has 0 aliphatic carbocycles. The maximum absolute atomic E-state index is 12.4. The van der Waals surface area contributed by atoms with Crippen molar-refractivity contribution < 1.29 is 14.8 Å². The summed E-state index contributed by atoms with van der Waals surface area (Å²) in [6.07, 6.45) is 3.20. The van der Waals surface area contributed by atoms with Crippen LogP contribution in [0.15, 0.2) is 18.2 Å². The van der Waals surface area contributed by atoms with Crippen LogP contribution in [0.4, 0.5) is 0 Å². The molecule has 0 radical (unpaired) electrons. The fourth-order valence-electron chi connectivity index (χ4n) is 2.44. The lowest BCUT2D eigenvalue weighted by Crippen LogP contribution is -2.42. The van der Waals surface area contributed by atoms with Gasteiger partial charge in [0.1, 0.15) is 0 Å². The first-order valence-corrected chi connectivity index (χ1v) is 6.85. The third kappa shape index (κ3) is 3.11. The molecule has 1 amide bonds. The van der Waals surface area contributed by atoms with E-state index in [0.29, 0.717) is 5.56 Å². The van der Waals surface area contributed by atoms with Crippen molar-refractivity contribution in [3.8, 4) is 0 Å². The van der Waals surface area contributed by atoms with Crippen LogP contribution in [-0.4, -0.2) is 40.6 Å². The number of hydrogen-bond donors (Lipinski definition) is 2. The maximum Gasteiger partial charge on any atom is 0.489 e. The summed E-state index contributed by atoms with van der Waals surface area (Å²) >= 11 is 5.95. The molecule has 2 N–H and O–H groups in total. The molecule has 2 rings (SSSR count). The van der Waals surface area contributed by atoms with E-state index in [1.54, 1.807) is 6.07 Å². The van der Waals surface area contributed by atoms with Crippen molar-refractivity contribution in [1.82, 2.24) is 4.90 Å². The molecule has 0 bridgehead atoms. The zero-order valence-electron chi connectivity index (χ0n) is 10.8. The van der Waals surface area contributed by atoms with Gasteiger partial charge in [-0.25, -0.2) is 0 Å². The van der Waals surface area contributed by atoms with E-state index in [-0.39, 0.29) is 22.4 Å². The van der Waals surface area contributed by atoms with E-state index in [4.69, 9.17) is 21.6 Å². The van der Waals surface area contributed by atoms with E-state index in [0.717, 1.165) is 25.8 Å². The predicted molar refractivity (Wildman–Crippen MR) is 75.6 cm³/mol. The minimum atomic E-state index is -1.62. The quantitative estimate of drug-likeness (QED) is 0.796. The molecule has 19 heavy (non-hydrogen) atoms. The molecule has 0 aromatic heterocycles. The highest BCUT2D eigenvalue weighted by molar-refractivity contribution is 6.62. The molecular formula is C13H17BClNO3. The lowest BCUT2D eigenvalue weighted by molar-refractivity contribution is 0.0635. The third-order valence-electron chi connectivity index (χ3n) is 3.59. The van der Waals surface area contributed by atoms with Gasteiger partial charge in [0.15, 0.2) is 0 Å². The molecule has 1 fully saturated rings. The lowest BCUT2D eigenvalue weighted by atomic mass is 9.80. The predicted octanol–water partition coefficient (Wildman–Crippen LogP) is 1.03. The largest absolute Gasteiger partial charge is 0.489 e. The van der Waals surface area contributed by atoms with Crippen molar-refractivity contribution in [1.29, 1.82) is 0 Å². The molecule has 102 valence electrons. The molecule has 4 nitrogen and oxygen atoms in total. The van der Waals surface area contributed by atoms with Crippen LogP contribution >= 0.6 is 11.6 Å². The Hall–Kier alpha value is -1.04. The van der Waals surface area contributed by atoms with Crippen molar-refractivity contribution in [2.24, 2.45) is 0 Å². The zero-order valence-corrected chi connectivity index (χ0v) is 11.6. The molecule has 1 saturated heterocycles. The summed E-state index contributed by atoms with van der Waals surface area (Å²) in [6.45, 7) is 2.81. The van der Waals surface area contributed by atoms with Crippen LogP contribution in [0.25, 0.3) is 0 Å². The molecule has 1 aromatic carbocycles. The number of carbonyl (C=O) groups excluding carboxylic acids is 1. The number of benzene rings is 1. The summed E-state index contributed by atoms with van der Waals surface area (Å²) in [6, 6.07) is 4.81. The van der Waals surface area contributed by atoms with Crippen molar-refractivity contribution in [2.45, 2.75) is 32.2 Å². The van der Waals surface area contributed by atoms with E-state index in [9.17, 15) is 4.79 Å². The van der Waals surface area contributed by atoms with Gasteiger partial charge in [-0.15, -0.1) is 0 Å². The molecule has 0 saturated carbocycles. The van der Waals surface area contributed by atoms with Crippen LogP contribution in [0.1, 0.15) is 36.5 Å². The van der Waals surface area contributed by atoms with Gasteiger partial charge >= 0.3 is 7.12 Å². The number of rotatable bonds is 2. The zero-order chi connectivity index (χ0) is 14.0. The summed E-state index contributed by atoms with van der Waals surface area (Å²) < 4.78 is 0. The smallest absolute Gasteiger partial charge is 0.423 e. The highest BCUT2D eigenvalue weighted by Gasteiger charge is 2.25. The number of halogens is 1. The third-order valence-corrected chi connectivity index (χ3v) is 3.92. The van der Waals surface area contributed by atoms with Crippen LogP contribution in [0.3, 0.4) is 0 Å². The molecule has 1 aromatic rings. The van der Waals surface area contributed by atoms with E-state index < -0.39 is 7.12 Å². The highest BCUT2D eigenvalue weighted by atomic mass is 35.5. The van der Waals surface area contributed by atoms with Gasteiger partial charge in [-0.05, 0) is 38.3 Å². The molecule has 1 heterocycles. The van der Waals surface area contributed by atoms with Crippen LogP contribution in [0, 0.1) is 0 Å². The minimum Gasteiger partial charge on any atom is -0.423 e. The second-order valence-corrected chi connectivity index (χ2v) is 5.36. The van der Waals surface area contributed by atoms with Crippen molar-refractivity contribution in [3.63, 3.8) is 0 Å².